The molecule has 1 fully saturated rings. The number of carbonyl (C=O) groups is 2. The summed E-state index contributed by atoms with van der Waals surface area (Å²) >= 11 is 0. The van der Waals surface area contributed by atoms with Gasteiger partial charge in [0.15, 0.2) is 0 Å². The Morgan fingerprint density at radius 3 is 2.57 bits per heavy atom. The first kappa shape index (κ1) is 10.6. The molecular formula is C9H13N3O2. The number of nitrogens with zero attached hydrogens (tertiary/aromatic N) is 2. The Kier molecular flexibility index (Phi) is 2.53. The third kappa shape index (κ3) is 1.59. The third-order valence-electron chi connectivity index (χ3n) is 2.70. The van der Waals surface area contributed by atoms with E-state index in [-0.39, 0.29) is 29.9 Å². The van der Waals surface area contributed by atoms with E-state index in [2.05, 4.69) is 10.1 Å². The largest absolute Gasteiger partial charge is 0.361 e. The Balaban J connectivity index is 2.61. The van der Waals surface area contributed by atoms with Crippen LogP contribution in [0.1, 0.15) is 27.2 Å². The molecule has 1 heterocycles. The summed E-state index contributed by atoms with van der Waals surface area (Å²) in [5, 5.41) is 2.65. The van der Waals surface area contributed by atoms with E-state index in [1.807, 2.05) is 0 Å². The molecule has 0 aromatic carbocycles. The average molecular weight is 195 g/mol. The van der Waals surface area contributed by atoms with Gasteiger partial charge in [-0.25, -0.2) is 0 Å². The Labute approximate surface area is 82.1 Å². The van der Waals surface area contributed by atoms with Crippen molar-refractivity contribution >= 4 is 17.4 Å². The van der Waals surface area contributed by atoms with E-state index in [0.29, 0.717) is 0 Å². The number of hydrogen-bond donors (Lipinski definition) is 1. The van der Waals surface area contributed by atoms with Crippen molar-refractivity contribution in [2.75, 3.05) is 0 Å². The van der Waals surface area contributed by atoms with Crippen LogP contribution in [0.4, 0.5) is 0 Å². The first-order valence-corrected chi connectivity index (χ1v) is 4.42. The molecule has 1 saturated heterocycles. The van der Waals surface area contributed by atoms with Crippen molar-refractivity contribution in [2.45, 2.75) is 33.2 Å². The minimum atomic E-state index is -0.495. The van der Waals surface area contributed by atoms with Crippen LogP contribution in [0.15, 0.2) is 0 Å². The molecule has 5 nitrogen and oxygen atoms in total. The zero-order chi connectivity index (χ0) is 10.9. The molecule has 0 aromatic heterocycles. The monoisotopic (exact) mass is 195 g/mol. The average Bonchev–Trinajstić information content (AvgIpc) is 2.16. The fourth-order valence-electron chi connectivity index (χ4n) is 1.30. The van der Waals surface area contributed by atoms with Gasteiger partial charge in [-0.3, -0.25) is 9.59 Å². The van der Waals surface area contributed by atoms with Crippen LogP contribution in [0, 0.1) is 5.41 Å². The van der Waals surface area contributed by atoms with Crippen molar-refractivity contribution in [2.24, 2.45) is 5.41 Å². The molecule has 0 spiro atoms. The van der Waals surface area contributed by atoms with Crippen molar-refractivity contribution in [1.29, 1.82) is 0 Å². The summed E-state index contributed by atoms with van der Waals surface area (Å²) in [7, 11) is 0. The van der Waals surface area contributed by atoms with E-state index < -0.39 is 5.41 Å². The maximum absolute atomic E-state index is 11.3. The fourth-order valence-corrected chi connectivity index (χ4v) is 1.30. The van der Waals surface area contributed by atoms with Crippen LogP contribution in [0.25, 0.3) is 5.53 Å². The van der Waals surface area contributed by atoms with Gasteiger partial charge in [-0.1, -0.05) is 0 Å². The zero-order valence-corrected chi connectivity index (χ0v) is 8.50. The summed E-state index contributed by atoms with van der Waals surface area (Å²) in [5.74, 6) is -0.292. The van der Waals surface area contributed by atoms with Gasteiger partial charge in [0.1, 0.15) is 0 Å². The number of amides is 1. The van der Waals surface area contributed by atoms with Gasteiger partial charge in [0, 0.05) is 13.3 Å². The molecule has 1 atom stereocenters. The minimum absolute atomic E-state index is 0.0473. The molecule has 1 amide bonds. The molecule has 0 saturated carbocycles. The number of carbonyl (C=O) groups excluding carboxylic acids is 2. The van der Waals surface area contributed by atoms with Crippen molar-refractivity contribution < 1.29 is 14.4 Å². The van der Waals surface area contributed by atoms with Gasteiger partial charge in [0.2, 0.25) is 11.7 Å². The zero-order valence-electron chi connectivity index (χ0n) is 8.50. The van der Waals surface area contributed by atoms with Gasteiger partial charge in [-0.2, -0.15) is 4.79 Å². The van der Waals surface area contributed by atoms with Crippen LogP contribution in [0.2, 0.25) is 0 Å². The number of nitrogens with one attached hydrogen (secondary N) is 1. The summed E-state index contributed by atoms with van der Waals surface area (Å²) in [5.41, 5.74) is 7.95. The predicted molar refractivity (Wildman–Crippen MR) is 49.6 cm³/mol. The van der Waals surface area contributed by atoms with E-state index >= 15 is 0 Å². The molecule has 5 heteroatoms. The van der Waals surface area contributed by atoms with Crippen molar-refractivity contribution in [1.82, 2.24) is 5.32 Å². The highest BCUT2D eigenvalue weighted by Gasteiger charge is 2.48. The molecule has 1 aliphatic heterocycles. The molecular weight excluding hydrogens is 182 g/mol. The maximum atomic E-state index is 11.3. The quantitative estimate of drug-likeness (QED) is 0.301. The van der Waals surface area contributed by atoms with Crippen molar-refractivity contribution in [3.05, 3.63) is 5.53 Å². The molecule has 1 rings (SSSR count). The lowest BCUT2D eigenvalue weighted by molar-refractivity contribution is -0.144. The Morgan fingerprint density at radius 2 is 2.21 bits per heavy atom. The van der Waals surface area contributed by atoms with Gasteiger partial charge in [0.05, 0.1) is 11.5 Å². The van der Waals surface area contributed by atoms with Crippen LogP contribution < -0.4 is 5.32 Å². The van der Waals surface area contributed by atoms with Crippen LogP contribution in [0.3, 0.4) is 0 Å². The first-order valence-electron chi connectivity index (χ1n) is 4.42. The molecule has 0 radical (unpaired) electrons. The molecule has 0 aliphatic carbocycles. The third-order valence-corrected chi connectivity index (χ3v) is 2.70. The molecule has 1 aliphatic rings. The second-order valence-electron chi connectivity index (χ2n) is 4.06. The highest BCUT2D eigenvalue weighted by atomic mass is 16.2. The number of rotatable bonds is 3. The van der Waals surface area contributed by atoms with Crippen molar-refractivity contribution in [3.8, 4) is 0 Å². The summed E-state index contributed by atoms with van der Waals surface area (Å²) in [6.45, 7) is 5.01. The standard InChI is InChI=1S/C9H13N3O2/c1-5(12-10)6(13)4-7-9(2,3)8(14)11-7/h7H,4H2,1-3H3,(H,11,14). The Hall–Kier alpha value is -1.48. The lowest BCUT2D eigenvalue weighted by atomic mass is 9.74. The number of Topliss-reactive ketones (excluding diaryl/α,β-unsaturated/α-hetero) is 1. The lowest BCUT2D eigenvalue weighted by Crippen LogP contribution is -2.64. The number of ketones is 1. The van der Waals surface area contributed by atoms with E-state index in [1.165, 1.54) is 6.92 Å². The SMILES string of the molecule is CC(=[N+]=[N-])C(=O)CC1NC(=O)C1(C)C. The molecule has 76 valence electrons. The predicted octanol–water partition coefficient (Wildman–Crippen LogP) is 0.161. The Morgan fingerprint density at radius 1 is 1.64 bits per heavy atom. The highest BCUT2D eigenvalue weighted by Crippen LogP contribution is 2.31. The van der Waals surface area contributed by atoms with Crippen LogP contribution in [0.5, 0.6) is 0 Å². The van der Waals surface area contributed by atoms with Crippen LogP contribution >= 0.6 is 0 Å². The highest BCUT2D eigenvalue weighted by molar-refractivity contribution is 6.36. The summed E-state index contributed by atoms with van der Waals surface area (Å²) in [6, 6.07) is -0.154. The normalized spacial score (nSPS) is 23.1. The summed E-state index contributed by atoms with van der Waals surface area (Å²) in [4.78, 5) is 25.2. The second-order valence-corrected chi connectivity index (χ2v) is 4.06. The molecule has 14 heavy (non-hydrogen) atoms. The minimum Gasteiger partial charge on any atom is -0.361 e. The molecule has 0 bridgehead atoms. The van der Waals surface area contributed by atoms with Crippen LogP contribution in [-0.4, -0.2) is 28.2 Å². The molecule has 1 unspecified atom stereocenters. The van der Waals surface area contributed by atoms with Gasteiger partial charge < -0.3 is 10.8 Å². The molecule has 0 aromatic rings. The smallest absolute Gasteiger partial charge is 0.331 e. The van der Waals surface area contributed by atoms with Gasteiger partial charge in [-0.15, -0.1) is 0 Å². The Bertz CT molecular complexity index is 340. The topological polar surface area (TPSA) is 82.6 Å². The second kappa shape index (κ2) is 3.35. The number of β-lactam (4-membered cyclic amide) rings is 1. The van der Waals surface area contributed by atoms with E-state index in [9.17, 15) is 9.59 Å². The summed E-state index contributed by atoms with van der Waals surface area (Å²) < 4.78 is 0. The number of hydrogen-bond acceptors (Lipinski definition) is 2. The van der Waals surface area contributed by atoms with Gasteiger partial charge >= 0.3 is 5.71 Å². The van der Waals surface area contributed by atoms with E-state index in [1.54, 1.807) is 13.8 Å². The van der Waals surface area contributed by atoms with E-state index in [4.69, 9.17) is 5.53 Å². The van der Waals surface area contributed by atoms with Crippen molar-refractivity contribution in [3.63, 3.8) is 0 Å². The lowest BCUT2D eigenvalue weighted by Gasteiger charge is -2.43. The maximum Gasteiger partial charge on any atom is 0.331 e. The van der Waals surface area contributed by atoms with Gasteiger partial charge in [0.25, 0.3) is 0 Å². The van der Waals surface area contributed by atoms with E-state index in [0.717, 1.165) is 0 Å². The summed E-state index contributed by atoms with van der Waals surface area (Å²) in [6.07, 6.45) is 0.189. The molecule has 1 N–H and O–H groups in total. The van der Waals surface area contributed by atoms with Gasteiger partial charge in [-0.05, 0) is 13.8 Å². The fraction of sp³-hybridized carbons (Fsp3) is 0.667. The first-order chi connectivity index (χ1) is 6.39. The van der Waals surface area contributed by atoms with Crippen LogP contribution in [-0.2, 0) is 9.59 Å².